The molecule has 1 aliphatic heterocycles. The summed E-state index contributed by atoms with van der Waals surface area (Å²) in [6, 6.07) is 10.5. The van der Waals surface area contributed by atoms with Gasteiger partial charge in [0.15, 0.2) is 0 Å². The largest absolute Gasteiger partial charge is 0.494 e. The number of nitrogens with one attached hydrogen (secondary N) is 1. The fraction of sp³-hybridized carbons (Fsp3) is 0.571. The summed E-state index contributed by atoms with van der Waals surface area (Å²) >= 11 is 0. The molecular formula is C14H21NO2S. The Morgan fingerprint density at radius 2 is 1.94 bits per heavy atom. The van der Waals surface area contributed by atoms with Gasteiger partial charge in [-0.15, -0.1) is 0 Å². The van der Waals surface area contributed by atoms with Crippen LogP contribution in [0.3, 0.4) is 0 Å². The minimum absolute atomic E-state index is 0.555. The van der Waals surface area contributed by atoms with Gasteiger partial charge >= 0.3 is 0 Å². The van der Waals surface area contributed by atoms with E-state index in [4.69, 9.17) is 4.74 Å². The Balaban J connectivity index is 1.52. The number of ether oxygens (including phenoxy) is 1. The third kappa shape index (κ3) is 4.78. The van der Waals surface area contributed by atoms with Gasteiger partial charge in [-0.25, -0.2) is 0 Å². The van der Waals surface area contributed by atoms with E-state index in [2.05, 4.69) is 5.32 Å². The van der Waals surface area contributed by atoms with Gasteiger partial charge in [0.05, 0.1) is 6.61 Å². The molecule has 0 atom stereocenters. The number of benzene rings is 1. The van der Waals surface area contributed by atoms with Crippen molar-refractivity contribution in [1.82, 2.24) is 5.32 Å². The summed E-state index contributed by atoms with van der Waals surface area (Å²) in [4.78, 5) is 0. The lowest BCUT2D eigenvalue weighted by atomic mass is 10.1. The van der Waals surface area contributed by atoms with Crippen molar-refractivity contribution < 1.29 is 8.95 Å². The monoisotopic (exact) mass is 267 g/mol. The van der Waals surface area contributed by atoms with Gasteiger partial charge in [0.2, 0.25) is 0 Å². The van der Waals surface area contributed by atoms with E-state index in [9.17, 15) is 4.21 Å². The molecule has 0 aromatic heterocycles. The summed E-state index contributed by atoms with van der Waals surface area (Å²) in [6.45, 7) is 1.72. The SMILES string of the molecule is O=S1CCC(NCCCOc2ccccc2)CC1. The quantitative estimate of drug-likeness (QED) is 0.801. The van der Waals surface area contributed by atoms with Crippen molar-refractivity contribution in [3.63, 3.8) is 0 Å². The zero-order valence-corrected chi connectivity index (χ0v) is 11.5. The Hall–Kier alpha value is -0.870. The zero-order valence-electron chi connectivity index (χ0n) is 10.6. The standard InChI is InChI=1S/C14H21NO2S/c16-18-11-7-13(8-12-18)15-9-4-10-17-14-5-2-1-3-6-14/h1-3,5-6,13,15H,4,7-12H2. The Morgan fingerprint density at radius 3 is 2.67 bits per heavy atom. The molecule has 0 spiro atoms. The van der Waals surface area contributed by atoms with Crippen LogP contribution in [0.25, 0.3) is 0 Å². The highest BCUT2D eigenvalue weighted by molar-refractivity contribution is 7.85. The molecule has 100 valence electrons. The molecule has 0 bridgehead atoms. The zero-order chi connectivity index (χ0) is 12.6. The first-order valence-electron chi connectivity index (χ1n) is 6.61. The lowest BCUT2D eigenvalue weighted by Gasteiger charge is -2.22. The van der Waals surface area contributed by atoms with Gasteiger partial charge in [-0.05, 0) is 37.9 Å². The molecule has 18 heavy (non-hydrogen) atoms. The fourth-order valence-corrected chi connectivity index (χ4v) is 3.38. The summed E-state index contributed by atoms with van der Waals surface area (Å²) in [5.74, 6) is 2.65. The lowest BCUT2D eigenvalue weighted by molar-refractivity contribution is 0.303. The summed E-state index contributed by atoms with van der Waals surface area (Å²) in [5.41, 5.74) is 0. The van der Waals surface area contributed by atoms with Gasteiger partial charge in [-0.2, -0.15) is 0 Å². The lowest BCUT2D eigenvalue weighted by Crippen LogP contribution is -2.36. The van der Waals surface area contributed by atoms with Gasteiger partial charge in [0.1, 0.15) is 5.75 Å². The first-order chi connectivity index (χ1) is 8.84. The molecule has 1 heterocycles. The van der Waals surface area contributed by atoms with Crippen molar-refractivity contribution >= 4 is 10.8 Å². The van der Waals surface area contributed by atoms with Gasteiger partial charge in [0.25, 0.3) is 0 Å². The van der Waals surface area contributed by atoms with Crippen LogP contribution in [0.5, 0.6) is 5.75 Å². The van der Waals surface area contributed by atoms with Crippen molar-refractivity contribution in [2.24, 2.45) is 0 Å². The molecule has 1 aliphatic rings. The number of rotatable bonds is 6. The van der Waals surface area contributed by atoms with Crippen LogP contribution in [0.4, 0.5) is 0 Å². The van der Waals surface area contributed by atoms with E-state index in [-0.39, 0.29) is 0 Å². The van der Waals surface area contributed by atoms with Crippen molar-refractivity contribution in [1.29, 1.82) is 0 Å². The highest BCUT2D eigenvalue weighted by Gasteiger charge is 2.16. The topological polar surface area (TPSA) is 38.3 Å². The number of para-hydroxylation sites is 1. The molecule has 0 radical (unpaired) electrons. The maximum atomic E-state index is 11.2. The van der Waals surface area contributed by atoms with Crippen LogP contribution in [0, 0.1) is 0 Å². The van der Waals surface area contributed by atoms with E-state index in [0.29, 0.717) is 6.04 Å². The molecule has 0 unspecified atom stereocenters. The van der Waals surface area contributed by atoms with Crippen LogP contribution < -0.4 is 10.1 Å². The van der Waals surface area contributed by atoms with Gasteiger partial charge < -0.3 is 10.1 Å². The Kier molecular flexibility index (Phi) is 5.68. The normalized spacial score (nSPS) is 23.8. The van der Waals surface area contributed by atoms with Gasteiger partial charge in [0, 0.05) is 28.3 Å². The molecular weight excluding hydrogens is 246 g/mol. The average Bonchev–Trinajstić information content (AvgIpc) is 2.42. The molecule has 4 heteroatoms. The molecule has 0 aliphatic carbocycles. The smallest absolute Gasteiger partial charge is 0.119 e. The van der Waals surface area contributed by atoms with E-state index in [0.717, 1.165) is 49.7 Å². The Morgan fingerprint density at radius 1 is 1.22 bits per heavy atom. The number of hydrogen-bond acceptors (Lipinski definition) is 3. The van der Waals surface area contributed by atoms with E-state index < -0.39 is 10.8 Å². The summed E-state index contributed by atoms with van der Waals surface area (Å²) in [5, 5.41) is 3.51. The van der Waals surface area contributed by atoms with E-state index in [1.807, 2.05) is 30.3 Å². The van der Waals surface area contributed by atoms with Crippen LogP contribution in [0.15, 0.2) is 30.3 Å². The van der Waals surface area contributed by atoms with Crippen molar-refractivity contribution in [3.05, 3.63) is 30.3 Å². The predicted octanol–water partition coefficient (Wildman–Crippen LogP) is 1.96. The molecule has 1 aromatic carbocycles. The maximum absolute atomic E-state index is 11.2. The molecule has 3 nitrogen and oxygen atoms in total. The first-order valence-corrected chi connectivity index (χ1v) is 8.09. The second-order valence-corrected chi connectivity index (χ2v) is 6.29. The molecule has 1 N–H and O–H groups in total. The average molecular weight is 267 g/mol. The molecule has 2 rings (SSSR count). The van der Waals surface area contributed by atoms with E-state index in [1.165, 1.54) is 0 Å². The fourth-order valence-electron chi connectivity index (χ4n) is 2.08. The van der Waals surface area contributed by atoms with Crippen LogP contribution >= 0.6 is 0 Å². The third-order valence-corrected chi connectivity index (χ3v) is 4.54. The molecule has 1 aromatic rings. The van der Waals surface area contributed by atoms with E-state index >= 15 is 0 Å². The van der Waals surface area contributed by atoms with E-state index in [1.54, 1.807) is 0 Å². The molecule has 0 amide bonds. The predicted molar refractivity (Wildman–Crippen MR) is 75.5 cm³/mol. The molecule has 0 saturated carbocycles. The van der Waals surface area contributed by atoms with Gasteiger partial charge in [-0.1, -0.05) is 18.2 Å². The summed E-state index contributed by atoms with van der Waals surface area (Å²) in [6.07, 6.45) is 3.10. The minimum atomic E-state index is -0.559. The van der Waals surface area contributed by atoms with Gasteiger partial charge in [-0.3, -0.25) is 4.21 Å². The van der Waals surface area contributed by atoms with Crippen molar-refractivity contribution in [2.45, 2.75) is 25.3 Å². The number of hydrogen-bond donors (Lipinski definition) is 1. The minimum Gasteiger partial charge on any atom is -0.494 e. The van der Waals surface area contributed by atoms with Crippen LogP contribution in [0.2, 0.25) is 0 Å². The van der Waals surface area contributed by atoms with Crippen LogP contribution in [0.1, 0.15) is 19.3 Å². The second-order valence-electron chi connectivity index (χ2n) is 4.59. The second kappa shape index (κ2) is 7.54. The Labute approximate surface area is 111 Å². The summed E-state index contributed by atoms with van der Waals surface area (Å²) < 4.78 is 16.8. The van der Waals surface area contributed by atoms with Crippen LogP contribution in [-0.4, -0.2) is 34.9 Å². The molecule has 1 saturated heterocycles. The molecule has 1 fully saturated rings. The van der Waals surface area contributed by atoms with Crippen LogP contribution in [-0.2, 0) is 10.8 Å². The van der Waals surface area contributed by atoms with Crippen molar-refractivity contribution in [2.75, 3.05) is 24.7 Å². The van der Waals surface area contributed by atoms with Crippen molar-refractivity contribution in [3.8, 4) is 5.75 Å². The first kappa shape index (κ1) is 13.6. The summed E-state index contributed by atoms with van der Waals surface area (Å²) in [7, 11) is -0.559. The highest BCUT2D eigenvalue weighted by atomic mass is 32.2. The third-order valence-electron chi connectivity index (χ3n) is 3.15. The maximum Gasteiger partial charge on any atom is 0.119 e. The Bertz CT molecular complexity index is 359. The highest BCUT2D eigenvalue weighted by Crippen LogP contribution is 2.10.